The van der Waals surface area contributed by atoms with Crippen molar-refractivity contribution in [3.63, 3.8) is 0 Å². The monoisotopic (exact) mass is 645 g/mol. The third kappa shape index (κ3) is 3.83. The van der Waals surface area contributed by atoms with Gasteiger partial charge in [0.1, 0.15) is 8.07 Å². The first-order chi connectivity index (χ1) is 23.8. The quantitative estimate of drug-likeness (QED) is 0.179. The maximum Gasteiger partial charge on any atom is 0.159 e. The van der Waals surface area contributed by atoms with Crippen molar-refractivity contribution >= 4 is 40.4 Å². The van der Waals surface area contributed by atoms with Crippen molar-refractivity contribution < 1.29 is 0 Å². The van der Waals surface area contributed by atoms with Gasteiger partial charge >= 0.3 is 0 Å². The summed E-state index contributed by atoms with van der Waals surface area (Å²) >= 11 is 0. The fraction of sp³-hybridized carbons (Fsp3) is 0.111. The predicted molar refractivity (Wildman–Crippen MR) is 207 cm³/mol. The van der Waals surface area contributed by atoms with Crippen molar-refractivity contribution in [2.75, 3.05) is 0 Å². The molecule has 10 rings (SSSR count). The van der Waals surface area contributed by atoms with Gasteiger partial charge in [-0.15, -0.1) is 0 Å². The van der Waals surface area contributed by atoms with Crippen molar-refractivity contribution in [1.29, 1.82) is 0 Å². The summed E-state index contributed by atoms with van der Waals surface area (Å²) in [6.07, 6.45) is 0. The van der Waals surface area contributed by atoms with Crippen LogP contribution in [0, 0.1) is 0 Å². The Bertz CT molecular complexity index is 2660. The second kappa shape index (κ2) is 9.97. The third-order valence-electron chi connectivity index (χ3n) is 11.1. The van der Waals surface area contributed by atoms with E-state index in [0.29, 0.717) is 0 Å². The molecule has 0 saturated carbocycles. The van der Waals surface area contributed by atoms with Crippen LogP contribution < -0.4 is 10.5 Å². The Labute approximate surface area is 287 Å². The van der Waals surface area contributed by atoms with Crippen LogP contribution in [0.5, 0.6) is 0 Å². The standard InChI is InChI=1S/C45H35N3Si/c1-45(2)36-22-11-8-19-31(36)33-25-26-34-32-20-9-12-23-37(32)48(42(34)40(33)45)30-18-14-17-29(27-30)41-39-35-21-10-13-24-38(35)49(3,4)44(39)47-43(46-41)28-15-6-5-7-16-28/h5-27H,1-4H3. The number of aromatic nitrogens is 3. The largest absolute Gasteiger partial charge is 0.309 e. The number of nitrogens with zero attached hydrogens (tertiary/aromatic N) is 3. The zero-order valence-corrected chi connectivity index (χ0v) is 29.1. The van der Waals surface area contributed by atoms with Crippen LogP contribution in [-0.2, 0) is 5.41 Å². The molecule has 8 aromatic rings. The first-order valence-corrected chi connectivity index (χ1v) is 20.2. The van der Waals surface area contributed by atoms with E-state index in [0.717, 1.165) is 28.3 Å². The second-order valence-electron chi connectivity index (χ2n) is 14.6. The summed E-state index contributed by atoms with van der Waals surface area (Å²) in [6.45, 7) is 9.62. The van der Waals surface area contributed by atoms with E-state index in [1.807, 2.05) is 0 Å². The number of hydrogen-bond acceptors (Lipinski definition) is 2. The highest BCUT2D eigenvalue weighted by Crippen LogP contribution is 2.53. The summed E-state index contributed by atoms with van der Waals surface area (Å²) in [4.78, 5) is 10.8. The molecule has 4 heteroatoms. The third-order valence-corrected chi connectivity index (χ3v) is 14.5. The molecule has 1 aliphatic carbocycles. The van der Waals surface area contributed by atoms with Crippen molar-refractivity contribution in [2.45, 2.75) is 32.4 Å². The zero-order chi connectivity index (χ0) is 33.1. The molecule has 3 heterocycles. The summed E-state index contributed by atoms with van der Waals surface area (Å²) in [5.41, 5.74) is 14.6. The molecule has 0 fully saturated rings. The van der Waals surface area contributed by atoms with Crippen molar-refractivity contribution in [3.8, 4) is 50.6 Å². The highest BCUT2D eigenvalue weighted by Gasteiger charge is 2.42. The van der Waals surface area contributed by atoms with Gasteiger partial charge in [0.25, 0.3) is 0 Å². The van der Waals surface area contributed by atoms with Gasteiger partial charge in [0.15, 0.2) is 5.82 Å². The Kier molecular flexibility index (Phi) is 5.79. The van der Waals surface area contributed by atoms with Crippen LogP contribution >= 0.6 is 0 Å². The number of benzene rings is 6. The average molecular weight is 646 g/mol. The van der Waals surface area contributed by atoms with Crippen LogP contribution in [0.2, 0.25) is 13.1 Å². The Morgan fingerprint density at radius 3 is 2.16 bits per heavy atom. The molecular formula is C45H35N3Si. The average Bonchev–Trinajstić information content (AvgIpc) is 3.69. The molecule has 2 aliphatic rings. The molecule has 2 aromatic heterocycles. The lowest BCUT2D eigenvalue weighted by Gasteiger charge is -2.24. The molecule has 0 bridgehead atoms. The normalized spacial score (nSPS) is 14.9. The van der Waals surface area contributed by atoms with E-state index in [9.17, 15) is 0 Å². The SMILES string of the molecule is CC1(C)c2ccccc2-c2ccc3c4ccccc4n(-c4cccc(-c5nc(-c6ccccc6)nc6c5-c5ccccc5[Si]6(C)C)c4)c3c21. The fourth-order valence-electron chi connectivity index (χ4n) is 8.84. The highest BCUT2D eigenvalue weighted by molar-refractivity contribution is 7.03. The lowest BCUT2D eigenvalue weighted by molar-refractivity contribution is 0.664. The van der Waals surface area contributed by atoms with Gasteiger partial charge in [-0.05, 0) is 51.2 Å². The first kappa shape index (κ1) is 28.4. The number of fused-ring (bicyclic) bond motifs is 10. The summed E-state index contributed by atoms with van der Waals surface area (Å²) in [5.74, 6) is 0.794. The van der Waals surface area contributed by atoms with Crippen LogP contribution in [0.15, 0.2) is 140 Å². The Hall–Kier alpha value is -5.58. The lowest BCUT2D eigenvalue weighted by atomic mass is 9.81. The van der Waals surface area contributed by atoms with Crippen LogP contribution in [0.1, 0.15) is 25.0 Å². The van der Waals surface area contributed by atoms with E-state index < -0.39 is 8.07 Å². The van der Waals surface area contributed by atoms with E-state index in [1.165, 1.54) is 65.7 Å². The summed E-state index contributed by atoms with van der Waals surface area (Å²) < 4.78 is 2.51. The minimum Gasteiger partial charge on any atom is -0.309 e. The molecule has 0 unspecified atom stereocenters. The smallest absolute Gasteiger partial charge is 0.159 e. The van der Waals surface area contributed by atoms with Crippen LogP contribution in [-0.4, -0.2) is 22.6 Å². The van der Waals surface area contributed by atoms with Crippen LogP contribution in [0.4, 0.5) is 0 Å². The molecule has 234 valence electrons. The lowest BCUT2D eigenvalue weighted by Crippen LogP contribution is -2.50. The van der Waals surface area contributed by atoms with Gasteiger partial charge < -0.3 is 4.57 Å². The first-order valence-electron chi connectivity index (χ1n) is 17.2. The van der Waals surface area contributed by atoms with Crippen molar-refractivity contribution in [2.24, 2.45) is 0 Å². The zero-order valence-electron chi connectivity index (χ0n) is 28.1. The number of hydrogen-bond donors (Lipinski definition) is 0. The molecule has 1 aliphatic heterocycles. The number of para-hydroxylation sites is 1. The van der Waals surface area contributed by atoms with Gasteiger partial charge in [-0.1, -0.05) is 148 Å². The molecule has 0 N–H and O–H groups in total. The summed E-state index contributed by atoms with van der Waals surface area (Å²) in [7, 11) is -2.06. The molecule has 3 nitrogen and oxygen atoms in total. The summed E-state index contributed by atoms with van der Waals surface area (Å²) in [6, 6.07) is 50.9. The number of rotatable bonds is 3. The van der Waals surface area contributed by atoms with E-state index in [4.69, 9.17) is 9.97 Å². The minimum atomic E-state index is -2.06. The summed E-state index contributed by atoms with van der Waals surface area (Å²) in [5, 5.41) is 5.21. The van der Waals surface area contributed by atoms with E-state index in [2.05, 4.69) is 171 Å². The van der Waals surface area contributed by atoms with Crippen LogP contribution in [0.25, 0.3) is 72.4 Å². The molecule has 0 atom stereocenters. The highest BCUT2D eigenvalue weighted by atomic mass is 28.3. The van der Waals surface area contributed by atoms with Crippen molar-refractivity contribution in [3.05, 3.63) is 151 Å². The molecule has 0 saturated heterocycles. The minimum absolute atomic E-state index is 0.146. The van der Waals surface area contributed by atoms with E-state index >= 15 is 0 Å². The maximum atomic E-state index is 5.41. The fourth-order valence-corrected chi connectivity index (χ4v) is 11.8. The molecule has 49 heavy (non-hydrogen) atoms. The van der Waals surface area contributed by atoms with Gasteiger partial charge in [-0.25, -0.2) is 9.97 Å². The van der Waals surface area contributed by atoms with Gasteiger partial charge in [-0.2, -0.15) is 0 Å². The van der Waals surface area contributed by atoms with Gasteiger partial charge in [0, 0.05) is 43.9 Å². The molecule has 0 radical (unpaired) electrons. The van der Waals surface area contributed by atoms with Gasteiger partial charge in [0.05, 0.1) is 16.7 Å². The van der Waals surface area contributed by atoms with Gasteiger partial charge in [0.2, 0.25) is 0 Å². The molecular weight excluding hydrogens is 611 g/mol. The van der Waals surface area contributed by atoms with E-state index in [1.54, 1.807) is 0 Å². The molecule has 0 amide bonds. The Balaban J connectivity index is 1.27. The maximum absolute atomic E-state index is 5.41. The van der Waals surface area contributed by atoms with Crippen LogP contribution in [0.3, 0.4) is 0 Å². The topological polar surface area (TPSA) is 30.7 Å². The Morgan fingerprint density at radius 1 is 0.592 bits per heavy atom. The van der Waals surface area contributed by atoms with E-state index in [-0.39, 0.29) is 5.41 Å². The second-order valence-corrected chi connectivity index (χ2v) is 18.9. The van der Waals surface area contributed by atoms with Crippen molar-refractivity contribution in [1.82, 2.24) is 14.5 Å². The Morgan fingerprint density at radius 2 is 1.31 bits per heavy atom. The van der Waals surface area contributed by atoms with Gasteiger partial charge in [-0.3, -0.25) is 0 Å². The molecule has 6 aromatic carbocycles. The predicted octanol–water partition coefficient (Wildman–Crippen LogP) is 10.0. The molecule has 0 spiro atoms.